The van der Waals surface area contributed by atoms with Crippen molar-refractivity contribution < 1.29 is 8.91 Å². The number of aromatic nitrogens is 4. The van der Waals surface area contributed by atoms with E-state index in [9.17, 15) is 4.39 Å². The van der Waals surface area contributed by atoms with Crippen LogP contribution in [0.15, 0.2) is 40.3 Å². The lowest BCUT2D eigenvalue weighted by Crippen LogP contribution is -2.35. The first-order valence-corrected chi connectivity index (χ1v) is 8.30. The summed E-state index contributed by atoms with van der Waals surface area (Å²) in [5, 5.41) is 5.77. The minimum absolute atomic E-state index is 0.298. The minimum Gasteiger partial charge on any atom is -0.332 e. The van der Waals surface area contributed by atoms with Gasteiger partial charge in [0, 0.05) is 25.2 Å². The van der Waals surface area contributed by atoms with Crippen LogP contribution in [0.3, 0.4) is 0 Å². The third-order valence-electron chi connectivity index (χ3n) is 4.44. The Labute approximate surface area is 150 Å². The summed E-state index contributed by atoms with van der Waals surface area (Å²) >= 11 is 0. The molecule has 0 unspecified atom stereocenters. The summed E-state index contributed by atoms with van der Waals surface area (Å²) in [6.45, 7) is 5.83. The standard InChI is InChI=1S/C18H19FN6O/c1-10(2)14-8-16-17(18-22-11(3)23-26-18)21-9-24(16)13-6-5-12(19)7-15(13)25(14)20-4/h5-7,9,20H,8H2,1-4H3. The summed E-state index contributed by atoms with van der Waals surface area (Å²) in [6, 6.07) is 4.71. The number of hydrazine groups is 1. The molecule has 0 bridgehead atoms. The SMILES string of the molecule is CNN1C(=C(C)C)Cc2c(-c3nc(C)no3)ncn2-c2ccc(F)cc21. The van der Waals surface area contributed by atoms with E-state index in [1.54, 1.807) is 19.3 Å². The fourth-order valence-electron chi connectivity index (χ4n) is 3.24. The normalized spacial score (nSPS) is 13.4. The first-order chi connectivity index (χ1) is 12.5. The highest BCUT2D eigenvalue weighted by molar-refractivity contribution is 5.70. The zero-order chi connectivity index (χ0) is 18.4. The molecule has 8 heteroatoms. The van der Waals surface area contributed by atoms with Crippen molar-refractivity contribution in [3.05, 3.63) is 53.1 Å². The molecule has 0 amide bonds. The molecule has 134 valence electrons. The van der Waals surface area contributed by atoms with Crippen LogP contribution >= 0.6 is 0 Å². The van der Waals surface area contributed by atoms with Crippen molar-refractivity contribution in [2.45, 2.75) is 27.2 Å². The molecule has 7 nitrogen and oxygen atoms in total. The van der Waals surface area contributed by atoms with Gasteiger partial charge in [-0.05, 0) is 32.9 Å². The highest BCUT2D eigenvalue weighted by Gasteiger charge is 2.28. The van der Waals surface area contributed by atoms with Crippen LogP contribution in [0.1, 0.15) is 25.4 Å². The van der Waals surface area contributed by atoms with Crippen molar-refractivity contribution in [2.75, 3.05) is 12.1 Å². The van der Waals surface area contributed by atoms with Gasteiger partial charge in [-0.1, -0.05) is 10.7 Å². The van der Waals surface area contributed by atoms with Crippen LogP contribution in [0.5, 0.6) is 0 Å². The molecule has 1 aliphatic heterocycles. The molecule has 1 aliphatic rings. The van der Waals surface area contributed by atoms with Crippen molar-refractivity contribution in [1.29, 1.82) is 0 Å². The third-order valence-corrected chi connectivity index (χ3v) is 4.44. The summed E-state index contributed by atoms with van der Waals surface area (Å²) in [5.41, 5.74) is 8.38. The van der Waals surface area contributed by atoms with Gasteiger partial charge in [0.15, 0.2) is 11.5 Å². The number of allylic oxidation sites excluding steroid dienone is 2. The molecule has 2 aromatic heterocycles. The summed E-state index contributed by atoms with van der Waals surface area (Å²) in [6.07, 6.45) is 2.29. The second-order valence-corrected chi connectivity index (χ2v) is 6.37. The number of nitrogens with zero attached hydrogens (tertiary/aromatic N) is 5. The Kier molecular flexibility index (Phi) is 3.84. The molecule has 3 aromatic rings. The highest BCUT2D eigenvalue weighted by atomic mass is 19.1. The Hall–Kier alpha value is -3.00. The first-order valence-electron chi connectivity index (χ1n) is 8.30. The van der Waals surface area contributed by atoms with E-state index >= 15 is 0 Å². The van der Waals surface area contributed by atoms with Crippen molar-refractivity contribution in [3.63, 3.8) is 0 Å². The summed E-state index contributed by atoms with van der Waals surface area (Å²) in [4.78, 5) is 8.81. The number of halogens is 1. The number of hydrogen-bond acceptors (Lipinski definition) is 6. The quantitative estimate of drug-likeness (QED) is 0.762. The second kappa shape index (κ2) is 6.06. The van der Waals surface area contributed by atoms with Crippen LogP contribution in [0.2, 0.25) is 0 Å². The largest absolute Gasteiger partial charge is 0.332 e. The van der Waals surface area contributed by atoms with Crippen molar-refractivity contribution in [1.82, 2.24) is 25.1 Å². The molecule has 0 atom stereocenters. The third kappa shape index (κ3) is 2.50. The number of benzene rings is 1. The van der Waals surface area contributed by atoms with Crippen LogP contribution in [0.25, 0.3) is 17.3 Å². The average Bonchev–Trinajstić information content (AvgIpc) is 3.17. The van der Waals surface area contributed by atoms with E-state index in [2.05, 4.69) is 20.6 Å². The summed E-state index contributed by atoms with van der Waals surface area (Å²) in [5.74, 6) is 0.636. The smallest absolute Gasteiger partial charge is 0.278 e. The fourth-order valence-corrected chi connectivity index (χ4v) is 3.24. The first kappa shape index (κ1) is 16.5. The average molecular weight is 354 g/mol. The van der Waals surface area contributed by atoms with E-state index in [1.807, 2.05) is 30.5 Å². The monoisotopic (exact) mass is 354 g/mol. The maximum Gasteiger partial charge on any atom is 0.278 e. The van der Waals surface area contributed by atoms with Gasteiger partial charge in [0.2, 0.25) is 0 Å². The topological polar surface area (TPSA) is 72.0 Å². The van der Waals surface area contributed by atoms with Gasteiger partial charge < -0.3 is 4.52 Å². The molecule has 0 saturated carbocycles. The lowest BCUT2D eigenvalue weighted by Gasteiger charge is -2.27. The van der Waals surface area contributed by atoms with Crippen molar-refractivity contribution >= 4 is 5.69 Å². The zero-order valence-electron chi connectivity index (χ0n) is 15.0. The van der Waals surface area contributed by atoms with Crippen LogP contribution in [-0.4, -0.2) is 26.7 Å². The van der Waals surface area contributed by atoms with Gasteiger partial charge in [-0.25, -0.2) is 14.8 Å². The molecule has 4 rings (SSSR count). The predicted octanol–water partition coefficient (Wildman–Crippen LogP) is 3.16. The van der Waals surface area contributed by atoms with E-state index in [0.29, 0.717) is 29.5 Å². The number of nitrogens with one attached hydrogen (secondary N) is 1. The van der Waals surface area contributed by atoms with Gasteiger partial charge in [0.25, 0.3) is 5.89 Å². The Morgan fingerprint density at radius 1 is 1.27 bits per heavy atom. The molecule has 3 heterocycles. The van der Waals surface area contributed by atoms with Crippen molar-refractivity contribution in [3.8, 4) is 17.3 Å². The van der Waals surface area contributed by atoms with Crippen LogP contribution in [0, 0.1) is 12.7 Å². The maximum absolute atomic E-state index is 14.0. The Balaban J connectivity index is 2.00. The highest BCUT2D eigenvalue weighted by Crippen LogP contribution is 2.36. The lowest BCUT2D eigenvalue weighted by atomic mass is 10.1. The van der Waals surface area contributed by atoms with Gasteiger partial charge in [-0.15, -0.1) is 0 Å². The molecule has 0 fully saturated rings. The minimum atomic E-state index is -0.298. The molecule has 0 saturated heterocycles. The molecule has 1 N–H and O–H groups in total. The zero-order valence-corrected chi connectivity index (χ0v) is 15.0. The number of hydrogen-bond donors (Lipinski definition) is 1. The number of aryl methyl sites for hydroxylation is 1. The maximum atomic E-state index is 14.0. The predicted molar refractivity (Wildman–Crippen MR) is 95.2 cm³/mol. The van der Waals surface area contributed by atoms with Crippen molar-refractivity contribution in [2.24, 2.45) is 0 Å². The molecule has 0 aliphatic carbocycles. The Morgan fingerprint density at radius 2 is 2.08 bits per heavy atom. The summed E-state index contributed by atoms with van der Waals surface area (Å²) < 4.78 is 21.3. The Bertz CT molecular complexity index is 1010. The Morgan fingerprint density at radius 3 is 2.73 bits per heavy atom. The second-order valence-electron chi connectivity index (χ2n) is 6.37. The van der Waals surface area contributed by atoms with Gasteiger partial charge in [-0.2, -0.15) is 4.98 Å². The van der Waals surface area contributed by atoms with E-state index in [1.165, 1.54) is 12.1 Å². The number of rotatable bonds is 2. The van der Waals surface area contributed by atoms with E-state index in [-0.39, 0.29) is 5.82 Å². The molecule has 1 aromatic carbocycles. The number of anilines is 1. The van der Waals surface area contributed by atoms with E-state index < -0.39 is 0 Å². The molecular weight excluding hydrogens is 335 g/mol. The number of imidazole rings is 1. The van der Waals surface area contributed by atoms with Gasteiger partial charge in [0.1, 0.15) is 12.1 Å². The number of fused-ring (bicyclic) bond motifs is 3. The molecular formula is C18H19FN6O. The van der Waals surface area contributed by atoms with E-state index in [4.69, 9.17) is 4.52 Å². The van der Waals surface area contributed by atoms with Crippen LogP contribution < -0.4 is 10.4 Å². The van der Waals surface area contributed by atoms with E-state index in [0.717, 1.165) is 22.7 Å². The van der Waals surface area contributed by atoms with Gasteiger partial charge >= 0.3 is 0 Å². The molecule has 0 radical (unpaired) electrons. The van der Waals surface area contributed by atoms with Crippen LogP contribution in [0.4, 0.5) is 10.1 Å². The molecule has 0 spiro atoms. The van der Waals surface area contributed by atoms with Gasteiger partial charge in [-0.3, -0.25) is 9.58 Å². The fraction of sp³-hybridized carbons (Fsp3) is 0.278. The summed E-state index contributed by atoms with van der Waals surface area (Å²) in [7, 11) is 1.82. The van der Waals surface area contributed by atoms with Gasteiger partial charge in [0.05, 0.1) is 17.1 Å². The lowest BCUT2D eigenvalue weighted by molar-refractivity contribution is 0.424. The molecule has 26 heavy (non-hydrogen) atoms. The van der Waals surface area contributed by atoms with Crippen LogP contribution in [-0.2, 0) is 6.42 Å².